The molecule has 5 aliphatic rings. The summed E-state index contributed by atoms with van der Waals surface area (Å²) in [6.07, 6.45) is 14.2. The van der Waals surface area contributed by atoms with Crippen molar-refractivity contribution in [2.75, 3.05) is 6.61 Å². The van der Waals surface area contributed by atoms with Crippen molar-refractivity contribution in [1.29, 1.82) is 0 Å². The summed E-state index contributed by atoms with van der Waals surface area (Å²) in [4.78, 5) is 13.3. The van der Waals surface area contributed by atoms with Crippen molar-refractivity contribution in [2.24, 2.45) is 57.2 Å². The minimum absolute atomic E-state index is 0.0128. The number of carbonyl (C=O) groups is 1. The maximum Gasteiger partial charge on any atom is 0.310 e. The summed E-state index contributed by atoms with van der Waals surface area (Å²) in [5.74, 6) is 2.22. The molecule has 0 aromatic rings. The van der Waals surface area contributed by atoms with Crippen molar-refractivity contribution in [3.8, 4) is 0 Å². The van der Waals surface area contributed by atoms with E-state index in [1.165, 1.54) is 0 Å². The lowest BCUT2D eigenvalue weighted by atomic mass is 9.35. The Bertz CT molecular complexity index is 841. The summed E-state index contributed by atoms with van der Waals surface area (Å²) in [6, 6.07) is 0. The molecule has 31 heavy (non-hydrogen) atoms. The zero-order valence-electron chi connectivity index (χ0n) is 20.2. The summed E-state index contributed by atoms with van der Waals surface area (Å²) >= 11 is 0. The van der Waals surface area contributed by atoms with Gasteiger partial charge >= 0.3 is 5.97 Å². The summed E-state index contributed by atoms with van der Waals surface area (Å²) in [7, 11) is 0. The van der Waals surface area contributed by atoms with Crippen LogP contribution in [0.3, 0.4) is 0 Å². The largest absolute Gasteiger partial charge is 0.481 e. The predicted molar refractivity (Wildman–Crippen MR) is 123 cm³/mol. The zero-order chi connectivity index (χ0) is 22.4. The van der Waals surface area contributed by atoms with Gasteiger partial charge in [-0.2, -0.15) is 0 Å². The maximum atomic E-state index is 13.3. The van der Waals surface area contributed by atoms with Gasteiger partial charge in [-0.15, -0.1) is 0 Å². The van der Waals surface area contributed by atoms with Crippen molar-refractivity contribution in [3.63, 3.8) is 0 Å². The second-order valence-corrected chi connectivity index (χ2v) is 12.8. The Morgan fingerprint density at radius 3 is 2.48 bits per heavy atom. The SMILES string of the molecule is CC(C)[C@@H]1CC=C2CC[C@]3(C(=O)O)[C@H](CC[C@@H]4[C@@]5(C)C=C[C@](C)(CO)[C@@H]5CC[C@]43C)[C@H]21. The minimum atomic E-state index is -0.616. The lowest BCUT2D eigenvalue weighted by molar-refractivity contribution is -0.215. The van der Waals surface area contributed by atoms with Crippen molar-refractivity contribution in [3.05, 3.63) is 23.8 Å². The average molecular weight is 427 g/mol. The van der Waals surface area contributed by atoms with E-state index >= 15 is 0 Å². The Balaban J connectivity index is 1.60. The molecule has 5 aliphatic carbocycles. The van der Waals surface area contributed by atoms with Crippen LogP contribution in [0.1, 0.15) is 79.6 Å². The molecule has 0 saturated heterocycles. The molecular weight excluding hydrogens is 384 g/mol. The predicted octanol–water partition coefficient (Wildman–Crippen LogP) is 6.09. The highest BCUT2D eigenvalue weighted by molar-refractivity contribution is 5.77. The Morgan fingerprint density at radius 2 is 1.84 bits per heavy atom. The molecule has 0 spiro atoms. The van der Waals surface area contributed by atoms with Crippen LogP contribution in [0, 0.1) is 57.2 Å². The number of aliphatic hydroxyl groups is 1. The van der Waals surface area contributed by atoms with Gasteiger partial charge in [0.1, 0.15) is 0 Å². The van der Waals surface area contributed by atoms with Crippen LogP contribution in [0.5, 0.6) is 0 Å². The van der Waals surface area contributed by atoms with E-state index in [9.17, 15) is 15.0 Å². The number of aliphatic carboxylic acids is 1. The van der Waals surface area contributed by atoms with Crippen LogP contribution in [-0.4, -0.2) is 22.8 Å². The molecule has 3 saturated carbocycles. The molecule has 0 bridgehead atoms. The minimum Gasteiger partial charge on any atom is -0.481 e. The first-order valence-corrected chi connectivity index (χ1v) is 12.8. The lowest BCUT2D eigenvalue weighted by Gasteiger charge is -2.68. The molecule has 0 unspecified atom stereocenters. The van der Waals surface area contributed by atoms with Crippen molar-refractivity contribution in [1.82, 2.24) is 0 Å². The monoisotopic (exact) mass is 426 g/mol. The van der Waals surface area contributed by atoms with E-state index < -0.39 is 11.4 Å². The molecule has 5 rings (SSSR count). The van der Waals surface area contributed by atoms with Gasteiger partial charge in [0.05, 0.1) is 12.0 Å². The fourth-order valence-corrected chi connectivity index (χ4v) is 10.1. The van der Waals surface area contributed by atoms with E-state index in [-0.39, 0.29) is 28.8 Å². The molecule has 3 fully saturated rings. The normalized spacial score (nSPS) is 52.9. The Kier molecular flexibility index (Phi) is 4.71. The molecule has 0 aromatic heterocycles. The molecule has 2 N–H and O–H groups in total. The first-order valence-electron chi connectivity index (χ1n) is 12.8. The van der Waals surface area contributed by atoms with Crippen molar-refractivity contribution >= 4 is 5.97 Å². The first kappa shape index (κ1) is 21.7. The van der Waals surface area contributed by atoms with Crippen LogP contribution in [0.2, 0.25) is 0 Å². The van der Waals surface area contributed by atoms with Crippen LogP contribution in [0.4, 0.5) is 0 Å². The Morgan fingerprint density at radius 1 is 1.10 bits per heavy atom. The van der Waals surface area contributed by atoms with E-state index in [4.69, 9.17) is 0 Å². The van der Waals surface area contributed by atoms with E-state index in [0.717, 1.165) is 44.9 Å². The van der Waals surface area contributed by atoms with Gasteiger partial charge in [-0.25, -0.2) is 0 Å². The zero-order valence-corrected chi connectivity index (χ0v) is 20.2. The molecule has 3 heteroatoms. The Hall–Kier alpha value is -1.09. The van der Waals surface area contributed by atoms with Gasteiger partial charge < -0.3 is 10.2 Å². The molecule has 0 aliphatic heterocycles. The van der Waals surface area contributed by atoms with E-state index in [1.54, 1.807) is 5.57 Å². The summed E-state index contributed by atoms with van der Waals surface area (Å²) in [5, 5.41) is 21.2. The van der Waals surface area contributed by atoms with Gasteiger partial charge in [0, 0.05) is 5.41 Å². The van der Waals surface area contributed by atoms with Gasteiger partial charge in [-0.3, -0.25) is 4.79 Å². The molecule has 172 valence electrons. The number of carboxylic acid groups (broad SMARTS) is 1. The van der Waals surface area contributed by atoms with Crippen LogP contribution in [-0.2, 0) is 4.79 Å². The number of rotatable bonds is 3. The highest BCUT2D eigenvalue weighted by atomic mass is 16.4. The standard InChI is InChI=1S/C28H42O3/c1-17(2)19-7-6-18-10-13-28(24(30)31)20(23(18)19)8-9-22-26(4)15-14-25(3,16-29)21(26)11-12-27(22,28)5/h6,14-15,17,19-23,29H,7-13,16H2,1-5H3,(H,30,31)/t19-,20+,21-,22+,23+,25+,26-,27+,28+/m0/s1. The van der Waals surface area contributed by atoms with Gasteiger partial charge in [0.15, 0.2) is 0 Å². The third-order valence-electron chi connectivity index (χ3n) is 11.6. The smallest absolute Gasteiger partial charge is 0.310 e. The number of hydrogen-bond acceptors (Lipinski definition) is 2. The van der Waals surface area contributed by atoms with Crippen molar-refractivity contribution in [2.45, 2.75) is 79.6 Å². The number of allylic oxidation sites excluding steroid dienone is 3. The number of aliphatic hydroxyl groups excluding tert-OH is 1. The first-order chi connectivity index (χ1) is 14.5. The highest BCUT2D eigenvalue weighted by Crippen LogP contribution is 2.75. The maximum absolute atomic E-state index is 13.3. The lowest BCUT2D eigenvalue weighted by Crippen LogP contribution is -2.66. The van der Waals surface area contributed by atoms with Gasteiger partial charge in [-0.1, -0.05) is 58.4 Å². The summed E-state index contributed by atoms with van der Waals surface area (Å²) in [6.45, 7) is 11.8. The van der Waals surface area contributed by atoms with Crippen LogP contribution in [0.15, 0.2) is 23.8 Å². The number of hydrogen-bond donors (Lipinski definition) is 2. The Labute approximate surface area is 188 Å². The quantitative estimate of drug-likeness (QED) is 0.537. The van der Waals surface area contributed by atoms with Crippen LogP contribution < -0.4 is 0 Å². The van der Waals surface area contributed by atoms with Crippen LogP contribution in [0.25, 0.3) is 0 Å². The molecule has 0 aromatic carbocycles. The van der Waals surface area contributed by atoms with E-state index in [1.807, 2.05) is 0 Å². The van der Waals surface area contributed by atoms with E-state index in [0.29, 0.717) is 29.6 Å². The second-order valence-electron chi connectivity index (χ2n) is 12.8. The molecular formula is C28H42O3. The second kappa shape index (κ2) is 6.72. The third kappa shape index (κ3) is 2.48. The van der Waals surface area contributed by atoms with Crippen molar-refractivity contribution < 1.29 is 15.0 Å². The fraction of sp³-hybridized carbons (Fsp3) is 0.821. The van der Waals surface area contributed by atoms with E-state index in [2.05, 4.69) is 52.8 Å². The average Bonchev–Trinajstić information content (AvgIpc) is 3.27. The van der Waals surface area contributed by atoms with Gasteiger partial charge in [0.25, 0.3) is 0 Å². The molecule has 0 radical (unpaired) electrons. The highest BCUT2D eigenvalue weighted by Gasteiger charge is 2.72. The van der Waals surface area contributed by atoms with Crippen LogP contribution >= 0.6 is 0 Å². The number of fused-ring (bicyclic) bond motifs is 7. The molecule has 0 amide bonds. The fourth-order valence-electron chi connectivity index (χ4n) is 10.1. The molecule has 3 nitrogen and oxygen atoms in total. The summed E-state index contributed by atoms with van der Waals surface area (Å²) < 4.78 is 0. The van der Waals surface area contributed by atoms with Gasteiger partial charge in [-0.05, 0) is 91.3 Å². The summed E-state index contributed by atoms with van der Waals surface area (Å²) in [5.41, 5.74) is 0.598. The van der Waals surface area contributed by atoms with Gasteiger partial charge in [0.2, 0.25) is 0 Å². The molecule has 9 atom stereocenters. The third-order valence-corrected chi connectivity index (χ3v) is 11.6. The number of carboxylic acids is 1. The molecule has 0 heterocycles. The topological polar surface area (TPSA) is 57.5 Å².